The highest BCUT2D eigenvalue weighted by Crippen LogP contribution is 2.40. The molecule has 1 N–H and O–H groups in total. The lowest BCUT2D eigenvalue weighted by molar-refractivity contribution is 0.0483. The Balaban J connectivity index is 1.81. The van der Waals surface area contributed by atoms with E-state index in [-0.39, 0.29) is 22.4 Å². The molecule has 112 valence electrons. The molecule has 0 radical (unpaired) electrons. The van der Waals surface area contributed by atoms with Crippen LogP contribution in [0.3, 0.4) is 0 Å². The van der Waals surface area contributed by atoms with E-state index < -0.39 is 0 Å². The molecule has 1 amide bonds. The summed E-state index contributed by atoms with van der Waals surface area (Å²) in [7, 11) is 0. The van der Waals surface area contributed by atoms with E-state index in [1.807, 2.05) is 11.8 Å². The lowest BCUT2D eigenvalue weighted by Gasteiger charge is -2.43. The van der Waals surface area contributed by atoms with Gasteiger partial charge in [0.25, 0.3) is 11.5 Å². The number of carbonyl (C=O) groups excluding carboxylic acids is 1. The number of aromatic amines is 1. The fraction of sp³-hybridized carbons (Fsp3) is 0.529. The van der Waals surface area contributed by atoms with Crippen LogP contribution in [-0.2, 0) is 0 Å². The summed E-state index contributed by atoms with van der Waals surface area (Å²) in [5, 5.41) is 0. The van der Waals surface area contributed by atoms with Gasteiger partial charge in [-0.3, -0.25) is 9.59 Å². The zero-order chi connectivity index (χ0) is 14.9. The molecule has 1 fully saturated rings. The Hall–Kier alpha value is -1.84. The van der Waals surface area contributed by atoms with Crippen LogP contribution >= 0.6 is 0 Å². The topological polar surface area (TPSA) is 53.2 Å². The lowest BCUT2D eigenvalue weighted by atomic mass is 9.71. The standard InChI is InChI=1S/C17H22N2O2/c1-13-6-7-14(15(20)18-13)16(21)19-11-5-10-17(12-19)8-3-2-4-9-17/h2-3,6-7H,4-5,8-12H2,1H3,(H,18,20). The van der Waals surface area contributed by atoms with Crippen molar-refractivity contribution in [2.24, 2.45) is 5.41 Å². The lowest BCUT2D eigenvalue weighted by Crippen LogP contribution is -2.47. The monoisotopic (exact) mass is 286 g/mol. The minimum Gasteiger partial charge on any atom is -0.338 e. The summed E-state index contributed by atoms with van der Waals surface area (Å²) in [5.74, 6) is -0.120. The number of nitrogens with one attached hydrogen (secondary N) is 1. The summed E-state index contributed by atoms with van der Waals surface area (Å²) in [6.45, 7) is 3.36. The summed E-state index contributed by atoms with van der Waals surface area (Å²) >= 11 is 0. The van der Waals surface area contributed by atoms with E-state index in [0.29, 0.717) is 0 Å². The van der Waals surface area contributed by atoms with E-state index in [1.165, 1.54) is 6.42 Å². The molecule has 1 aliphatic heterocycles. The number of allylic oxidation sites excluding steroid dienone is 2. The zero-order valence-corrected chi connectivity index (χ0v) is 12.5. The number of likely N-dealkylation sites (tertiary alicyclic amines) is 1. The minimum atomic E-state index is -0.275. The predicted molar refractivity (Wildman–Crippen MR) is 82.4 cm³/mol. The molecule has 1 aliphatic carbocycles. The van der Waals surface area contributed by atoms with Gasteiger partial charge in [-0.2, -0.15) is 0 Å². The van der Waals surface area contributed by atoms with Gasteiger partial charge in [-0.05, 0) is 56.6 Å². The van der Waals surface area contributed by atoms with Gasteiger partial charge in [-0.25, -0.2) is 0 Å². The highest BCUT2D eigenvalue weighted by Gasteiger charge is 2.37. The number of aryl methyl sites for hydroxylation is 1. The first-order valence-electron chi connectivity index (χ1n) is 7.74. The van der Waals surface area contributed by atoms with Crippen molar-refractivity contribution in [2.75, 3.05) is 13.1 Å². The molecule has 1 saturated heterocycles. The highest BCUT2D eigenvalue weighted by molar-refractivity contribution is 5.93. The molecule has 0 saturated carbocycles. The molecule has 0 aromatic carbocycles. The molecule has 4 heteroatoms. The Morgan fingerprint density at radius 3 is 2.86 bits per heavy atom. The van der Waals surface area contributed by atoms with Crippen LogP contribution in [0, 0.1) is 12.3 Å². The van der Waals surface area contributed by atoms with Crippen LogP contribution in [0.2, 0.25) is 0 Å². The number of amides is 1. The predicted octanol–water partition coefficient (Wildman–Crippen LogP) is 2.65. The van der Waals surface area contributed by atoms with Crippen molar-refractivity contribution in [2.45, 2.75) is 39.0 Å². The van der Waals surface area contributed by atoms with Gasteiger partial charge < -0.3 is 9.88 Å². The first-order chi connectivity index (χ1) is 10.1. The number of hydrogen-bond acceptors (Lipinski definition) is 2. The smallest absolute Gasteiger partial charge is 0.260 e. The number of nitrogens with zero attached hydrogens (tertiary/aromatic N) is 1. The number of piperidine rings is 1. The molecule has 21 heavy (non-hydrogen) atoms. The van der Waals surface area contributed by atoms with Gasteiger partial charge in [0.1, 0.15) is 5.56 Å². The molecule has 1 atom stereocenters. The van der Waals surface area contributed by atoms with Crippen LogP contribution in [0.4, 0.5) is 0 Å². The van der Waals surface area contributed by atoms with Crippen LogP contribution in [0.25, 0.3) is 0 Å². The van der Waals surface area contributed by atoms with Gasteiger partial charge in [0.2, 0.25) is 0 Å². The normalized spacial score (nSPS) is 25.3. The summed E-state index contributed by atoms with van der Waals surface area (Å²) in [5.41, 5.74) is 1.01. The second kappa shape index (κ2) is 5.51. The fourth-order valence-corrected chi connectivity index (χ4v) is 3.61. The van der Waals surface area contributed by atoms with Gasteiger partial charge in [0.05, 0.1) is 0 Å². The third-order valence-electron chi connectivity index (χ3n) is 4.79. The fourth-order valence-electron chi connectivity index (χ4n) is 3.61. The van der Waals surface area contributed by atoms with Gasteiger partial charge in [0, 0.05) is 18.8 Å². The van der Waals surface area contributed by atoms with E-state index >= 15 is 0 Å². The maximum Gasteiger partial charge on any atom is 0.260 e. The molecule has 3 rings (SSSR count). The summed E-state index contributed by atoms with van der Waals surface area (Å²) in [6, 6.07) is 3.44. The Bertz CT molecular complexity index is 632. The SMILES string of the molecule is Cc1ccc(C(=O)N2CCCC3(CC=CCC3)C2)c(=O)[nH]1. The maximum absolute atomic E-state index is 12.6. The van der Waals surface area contributed by atoms with Crippen LogP contribution < -0.4 is 5.56 Å². The number of H-pyrrole nitrogens is 1. The molecule has 1 unspecified atom stereocenters. The van der Waals surface area contributed by atoms with Crippen molar-refractivity contribution in [3.05, 3.63) is 45.9 Å². The Kier molecular flexibility index (Phi) is 3.70. The number of carbonyl (C=O) groups is 1. The van der Waals surface area contributed by atoms with Gasteiger partial charge >= 0.3 is 0 Å². The number of pyridine rings is 1. The Morgan fingerprint density at radius 2 is 2.14 bits per heavy atom. The average molecular weight is 286 g/mol. The van der Waals surface area contributed by atoms with Crippen LogP contribution in [0.5, 0.6) is 0 Å². The number of hydrogen-bond donors (Lipinski definition) is 1. The molecular weight excluding hydrogens is 264 g/mol. The number of aromatic nitrogens is 1. The van der Waals surface area contributed by atoms with Gasteiger partial charge in [-0.1, -0.05) is 12.2 Å². The second-order valence-corrected chi connectivity index (χ2v) is 6.43. The average Bonchev–Trinajstić information content (AvgIpc) is 2.47. The largest absolute Gasteiger partial charge is 0.338 e. The third kappa shape index (κ3) is 2.80. The van der Waals surface area contributed by atoms with Crippen molar-refractivity contribution in [1.29, 1.82) is 0 Å². The summed E-state index contributed by atoms with van der Waals surface area (Å²) < 4.78 is 0. The molecule has 2 aliphatic rings. The van der Waals surface area contributed by atoms with E-state index in [1.54, 1.807) is 12.1 Å². The Labute approximate surface area is 124 Å². The summed E-state index contributed by atoms with van der Waals surface area (Å²) in [6.07, 6.45) is 10.0. The minimum absolute atomic E-state index is 0.120. The van der Waals surface area contributed by atoms with Crippen LogP contribution in [0.1, 0.15) is 48.2 Å². The highest BCUT2D eigenvalue weighted by atomic mass is 16.2. The van der Waals surface area contributed by atoms with E-state index in [0.717, 1.165) is 44.5 Å². The molecular formula is C17H22N2O2. The van der Waals surface area contributed by atoms with Crippen molar-refractivity contribution >= 4 is 5.91 Å². The van der Waals surface area contributed by atoms with Crippen molar-refractivity contribution in [3.63, 3.8) is 0 Å². The first-order valence-corrected chi connectivity index (χ1v) is 7.74. The summed E-state index contributed by atoms with van der Waals surface area (Å²) in [4.78, 5) is 29.2. The van der Waals surface area contributed by atoms with E-state index in [9.17, 15) is 9.59 Å². The molecule has 1 spiro atoms. The van der Waals surface area contributed by atoms with Crippen molar-refractivity contribution in [3.8, 4) is 0 Å². The zero-order valence-electron chi connectivity index (χ0n) is 12.5. The van der Waals surface area contributed by atoms with Crippen molar-refractivity contribution in [1.82, 2.24) is 9.88 Å². The second-order valence-electron chi connectivity index (χ2n) is 6.43. The van der Waals surface area contributed by atoms with Gasteiger partial charge in [-0.15, -0.1) is 0 Å². The van der Waals surface area contributed by atoms with E-state index in [2.05, 4.69) is 17.1 Å². The maximum atomic E-state index is 12.6. The first kappa shape index (κ1) is 14.1. The molecule has 4 nitrogen and oxygen atoms in total. The Morgan fingerprint density at radius 1 is 1.29 bits per heavy atom. The van der Waals surface area contributed by atoms with Crippen LogP contribution in [0.15, 0.2) is 29.1 Å². The molecule has 1 aromatic heterocycles. The van der Waals surface area contributed by atoms with Gasteiger partial charge in [0.15, 0.2) is 0 Å². The number of rotatable bonds is 1. The van der Waals surface area contributed by atoms with E-state index in [4.69, 9.17) is 0 Å². The van der Waals surface area contributed by atoms with Crippen molar-refractivity contribution < 1.29 is 4.79 Å². The quantitative estimate of drug-likeness (QED) is 0.807. The third-order valence-corrected chi connectivity index (χ3v) is 4.79. The van der Waals surface area contributed by atoms with Crippen LogP contribution in [-0.4, -0.2) is 28.9 Å². The molecule has 0 bridgehead atoms. The molecule has 1 aromatic rings. The molecule has 2 heterocycles.